The van der Waals surface area contributed by atoms with Crippen molar-refractivity contribution in [2.75, 3.05) is 0 Å². The molecule has 0 nitrogen and oxygen atoms in total. The summed E-state index contributed by atoms with van der Waals surface area (Å²) >= 11 is 0. The molecule has 0 unspecified atom stereocenters. The minimum Gasteiger partial charge on any atom is -0.0715 e. The predicted molar refractivity (Wildman–Crippen MR) is 46.7 cm³/mol. The molecule has 0 spiro atoms. The van der Waals surface area contributed by atoms with E-state index in [4.69, 9.17) is 0 Å². The van der Waals surface area contributed by atoms with Gasteiger partial charge >= 0.3 is 0 Å². The van der Waals surface area contributed by atoms with E-state index in [2.05, 4.69) is 39.3 Å². The van der Waals surface area contributed by atoms with Gasteiger partial charge in [-0.25, -0.2) is 0 Å². The van der Waals surface area contributed by atoms with Crippen LogP contribution in [-0.2, 0) is 17.1 Å². The van der Waals surface area contributed by atoms with Crippen LogP contribution in [0.5, 0.6) is 0 Å². The van der Waals surface area contributed by atoms with Crippen molar-refractivity contribution in [3.63, 3.8) is 0 Å². The van der Waals surface area contributed by atoms with Gasteiger partial charge in [-0.3, -0.25) is 0 Å². The van der Waals surface area contributed by atoms with Gasteiger partial charge in [-0.15, -0.1) is 0 Å². The molecule has 0 aliphatic heterocycles. The normalized spacial score (nSPS) is 8.00. The molecule has 0 aromatic carbocycles. The van der Waals surface area contributed by atoms with Gasteiger partial charge in [0.05, 0.1) is 0 Å². The summed E-state index contributed by atoms with van der Waals surface area (Å²) in [4.78, 5) is 0. The molecule has 2 radical (unpaired) electrons. The Morgan fingerprint density at radius 1 is 0.556 bits per heavy atom. The third kappa shape index (κ3) is 476. The van der Waals surface area contributed by atoms with Gasteiger partial charge < -0.3 is 0 Å². The van der Waals surface area contributed by atoms with Crippen LogP contribution in [0.1, 0.15) is 0 Å². The quantitative estimate of drug-likeness (QED) is 0.530. The van der Waals surface area contributed by atoms with Crippen LogP contribution in [0, 0.1) is 0 Å². The molecule has 0 N–H and O–H groups in total. The van der Waals surface area contributed by atoms with E-state index in [-0.39, 0.29) is 34.7 Å². The summed E-state index contributed by atoms with van der Waals surface area (Å²) in [6, 6.07) is 0. The first-order chi connectivity index (χ1) is 3.46. The molecule has 0 aliphatic rings. The van der Waals surface area contributed by atoms with Gasteiger partial charge in [0.2, 0.25) is 0 Å². The SMILES string of the molecule is C[Si](C)C.C[Si](C)C.[Fe]. The topological polar surface area (TPSA) is 0 Å². The maximum Gasteiger partial charge on any atom is 0.0379 e. The first-order valence-electron chi connectivity index (χ1n) is 3.00. The molecule has 58 valence electrons. The first kappa shape index (κ1) is 16.5. The third-order valence-electron chi connectivity index (χ3n) is 0. The second-order valence-electron chi connectivity index (χ2n) is 3.00. The van der Waals surface area contributed by atoms with Crippen LogP contribution in [0.4, 0.5) is 0 Å². The Hall–Kier alpha value is 0.953. The van der Waals surface area contributed by atoms with Crippen molar-refractivity contribution in [1.29, 1.82) is 0 Å². The number of hydrogen-bond donors (Lipinski definition) is 0. The van der Waals surface area contributed by atoms with Crippen LogP contribution >= 0.6 is 0 Å². The number of hydrogen-bond acceptors (Lipinski definition) is 0. The van der Waals surface area contributed by atoms with Crippen molar-refractivity contribution in [3.8, 4) is 0 Å². The van der Waals surface area contributed by atoms with Gasteiger partial charge in [-0.1, -0.05) is 39.3 Å². The number of rotatable bonds is 0. The Bertz CT molecular complexity index is 26.5. The zero-order chi connectivity index (χ0) is 7.15. The van der Waals surface area contributed by atoms with E-state index >= 15 is 0 Å². The Morgan fingerprint density at radius 2 is 0.556 bits per heavy atom. The zero-order valence-electron chi connectivity index (χ0n) is 7.35. The van der Waals surface area contributed by atoms with Crippen LogP contribution in [0.2, 0.25) is 39.3 Å². The monoisotopic (exact) mass is 202 g/mol. The van der Waals surface area contributed by atoms with Crippen LogP contribution < -0.4 is 0 Å². The minimum absolute atomic E-state index is 0. The van der Waals surface area contributed by atoms with Crippen molar-refractivity contribution in [2.24, 2.45) is 0 Å². The van der Waals surface area contributed by atoms with Crippen LogP contribution in [0.25, 0.3) is 0 Å². The van der Waals surface area contributed by atoms with Crippen LogP contribution in [-0.4, -0.2) is 17.6 Å². The maximum absolute atomic E-state index is 2.27. The van der Waals surface area contributed by atoms with Gasteiger partial charge in [-0.2, -0.15) is 0 Å². The Morgan fingerprint density at radius 3 is 0.556 bits per heavy atom. The average Bonchev–Trinajstić information content (AvgIpc) is 1.25. The van der Waals surface area contributed by atoms with Gasteiger partial charge in [0.25, 0.3) is 0 Å². The maximum atomic E-state index is 2.27. The fraction of sp³-hybridized carbons (Fsp3) is 1.00. The second-order valence-corrected chi connectivity index (χ2v) is 9.00. The summed E-state index contributed by atoms with van der Waals surface area (Å²) in [6.45, 7) is 13.6. The molecular formula is C6H18FeSi2. The minimum atomic E-state index is 0. The molecule has 0 saturated heterocycles. The average molecular weight is 202 g/mol. The van der Waals surface area contributed by atoms with E-state index < -0.39 is 0 Å². The summed E-state index contributed by atoms with van der Waals surface area (Å²) in [7, 11) is 0.241. The molecule has 0 fully saturated rings. The van der Waals surface area contributed by atoms with Crippen molar-refractivity contribution < 1.29 is 17.1 Å². The van der Waals surface area contributed by atoms with E-state index in [1.165, 1.54) is 0 Å². The Labute approximate surface area is 74.1 Å². The molecule has 3 heteroatoms. The molecule has 0 bridgehead atoms. The molecule has 0 atom stereocenters. The summed E-state index contributed by atoms with van der Waals surface area (Å²) in [5, 5.41) is 0. The summed E-state index contributed by atoms with van der Waals surface area (Å²) < 4.78 is 0. The Kier molecular flexibility index (Phi) is 21.5. The first-order valence-corrected chi connectivity index (χ1v) is 9.00. The van der Waals surface area contributed by atoms with E-state index in [9.17, 15) is 0 Å². The zero-order valence-corrected chi connectivity index (χ0v) is 10.5. The van der Waals surface area contributed by atoms with Gasteiger partial charge in [-0.05, 0) is 0 Å². The molecule has 0 rings (SSSR count). The fourth-order valence-corrected chi connectivity index (χ4v) is 0. The molecule has 0 heterocycles. The molecule has 0 aromatic rings. The largest absolute Gasteiger partial charge is 0.0715 e. The molecule has 0 aromatic heterocycles. The van der Waals surface area contributed by atoms with Crippen molar-refractivity contribution in [3.05, 3.63) is 0 Å². The van der Waals surface area contributed by atoms with E-state index in [1.54, 1.807) is 0 Å². The fourth-order valence-electron chi connectivity index (χ4n) is 0. The van der Waals surface area contributed by atoms with Crippen LogP contribution in [0.15, 0.2) is 0 Å². The van der Waals surface area contributed by atoms with E-state index in [0.29, 0.717) is 0 Å². The molecule has 0 saturated carbocycles. The molecular weight excluding hydrogens is 184 g/mol. The van der Waals surface area contributed by atoms with Crippen molar-refractivity contribution >= 4 is 17.6 Å². The molecule has 0 aliphatic carbocycles. The van der Waals surface area contributed by atoms with E-state index in [1.807, 2.05) is 0 Å². The van der Waals surface area contributed by atoms with Gasteiger partial charge in [0.15, 0.2) is 0 Å². The second kappa shape index (κ2) is 11.7. The van der Waals surface area contributed by atoms with E-state index in [0.717, 1.165) is 0 Å². The van der Waals surface area contributed by atoms with Gasteiger partial charge in [0.1, 0.15) is 0 Å². The molecule has 9 heavy (non-hydrogen) atoms. The van der Waals surface area contributed by atoms with Crippen LogP contribution in [0.3, 0.4) is 0 Å². The Balaban J connectivity index is -0.0000000720. The summed E-state index contributed by atoms with van der Waals surface area (Å²) in [6.07, 6.45) is 0. The molecule has 0 amide bonds. The van der Waals surface area contributed by atoms with Crippen molar-refractivity contribution in [1.82, 2.24) is 0 Å². The van der Waals surface area contributed by atoms with Gasteiger partial charge in [0, 0.05) is 34.7 Å². The third-order valence-corrected chi connectivity index (χ3v) is 0. The summed E-state index contributed by atoms with van der Waals surface area (Å²) in [5.74, 6) is 0. The van der Waals surface area contributed by atoms with Crippen molar-refractivity contribution in [2.45, 2.75) is 39.3 Å². The standard InChI is InChI=1S/2C3H9Si.Fe/c2*1-4(2)3;/h2*1-3H3;. The smallest absolute Gasteiger partial charge is 0.0379 e. The predicted octanol–water partition coefficient (Wildman–Crippen LogP) is 2.74. The summed E-state index contributed by atoms with van der Waals surface area (Å²) in [5.41, 5.74) is 0.